The van der Waals surface area contributed by atoms with Crippen molar-refractivity contribution in [1.29, 1.82) is 0 Å². The SMILES string of the molecule is Cc1nc2sc([C@H](c3cccc(Cl)c3)N3C[C@@H](C)O[C@H](C)C3)c(O)n2n1. The summed E-state index contributed by atoms with van der Waals surface area (Å²) in [6.07, 6.45) is 0.235. The molecule has 0 radical (unpaired) electrons. The average Bonchev–Trinajstić information content (AvgIpc) is 3.05. The van der Waals surface area contributed by atoms with Gasteiger partial charge in [0.1, 0.15) is 5.82 Å². The van der Waals surface area contributed by atoms with Crippen LogP contribution in [0.4, 0.5) is 0 Å². The van der Waals surface area contributed by atoms with Gasteiger partial charge in [0.15, 0.2) is 0 Å². The van der Waals surface area contributed by atoms with Crippen LogP contribution in [0.1, 0.15) is 36.2 Å². The Bertz CT molecular complexity index is 931. The maximum Gasteiger partial charge on any atom is 0.230 e. The molecule has 1 fully saturated rings. The van der Waals surface area contributed by atoms with E-state index in [2.05, 4.69) is 28.8 Å². The fraction of sp³-hybridized carbons (Fsp3) is 0.444. The van der Waals surface area contributed by atoms with Gasteiger partial charge < -0.3 is 9.84 Å². The van der Waals surface area contributed by atoms with Crippen LogP contribution in [0.25, 0.3) is 4.96 Å². The van der Waals surface area contributed by atoms with Crippen molar-refractivity contribution in [2.45, 2.75) is 39.0 Å². The molecular formula is C18H21ClN4O2S. The molecule has 26 heavy (non-hydrogen) atoms. The number of hydrogen-bond donors (Lipinski definition) is 1. The fourth-order valence-corrected chi connectivity index (χ4v) is 5.02. The molecule has 1 saturated heterocycles. The van der Waals surface area contributed by atoms with Crippen LogP contribution in [-0.4, -0.2) is 49.9 Å². The van der Waals surface area contributed by atoms with Crippen LogP contribution in [-0.2, 0) is 4.74 Å². The van der Waals surface area contributed by atoms with Gasteiger partial charge in [-0.3, -0.25) is 4.90 Å². The van der Waals surface area contributed by atoms with Gasteiger partial charge >= 0.3 is 0 Å². The Hall–Kier alpha value is -1.67. The minimum atomic E-state index is -0.128. The van der Waals surface area contributed by atoms with E-state index < -0.39 is 0 Å². The van der Waals surface area contributed by atoms with Crippen LogP contribution in [0, 0.1) is 6.92 Å². The highest BCUT2D eigenvalue weighted by Crippen LogP contribution is 2.41. The van der Waals surface area contributed by atoms with Gasteiger partial charge in [0, 0.05) is 18.1 Å². The van der Waals surface area contributed by atoms with E-state index in [0.29, 0.717) is 15.8 Å². The number of nitrogens with zero attached hydrogens (tertiary/aromatic N) is 4. The molecular weight excluding hydrogens is 372 g/mol. The smallest absolute Gasteiger partial charge is 0.230 e. The first-order valence-electron chi connectivity index (χ1n) is 8.62. The topological polar surface area (TPSA) is 62.9 Å². The van der Waals surface area contributed by atoms with Crippen molar-refractivity contribution >= 4 is 27.9 Å². The van der Waals surface area contributed by atoms with Crippen molar-refractivity contribution in [1.82, 2.24) is 19.5 Å². The summed E-state index contributed by atoms with van der Waals surface area (Å²) in [4.78, 5) is 8.25. The molecule has 0 saturated carbocycles. The zero-order valence-electron chi connectivity index (χ0n) is 14.9. The van der Waals surface area contributed by atoms with Gasteiger partial charge in [-0.25, -0.2) is 4.98 Å². The number of aromatic hydroxyl groups is 1. The molecule has 6 nitrogen and oxygen atoms in total. The van der Waals surface area contributed by atoms with Gasteiger partial charge in [-0.15, -0.1) is 5.10 Å². The molecule has 0 aliphatic carbocycles. The number of halogens is 1. The first kappa shape index (κ1) is 17.7. The average molecular weight is 393 g/mol. The van der Waals surface area contributed by atoms with Crippen molar-refractivity contribution in [2.24, 2.45) is 0 Å². The Balaban J connectivity index is 1.84. The highest BCUT2D eigenvalue weighted by Gasteiger charge is 2.34. The summed E-state index contributed by atoms with van der Waals surface area (Å²) in [7, 11) is 0. The number of morpholine rings is 1. The van der Waals surface area contributed by atoms with Gasteiger partial charge in [-0.2, -0.15) is 4.52 Å². The summed E-state index contributed by atoms with van der Waals surface area (Å²) in [5.74, 6) is 0.786. The molecule has 4 rings (SSSR count). The summed E-state index contributed by atoms with van der Waals surface area (Å²) in [5.41, 5.74) is 1.04. The molecule has 1 aliphatic rings. The highest BCUT2D eigenvalue weighted by atomic mass is 35.5. The molecule has 3 atom stereocenters. The van der Waals surface area contributed by atoms with E-state index >= 15 is 0 Å². The molecule has 1 N–H and O–H groups in total. The summed E-state index contributed by atoms with van der Waals surface area (Å²) >= 11 is 7.72. The monoisotopic (exact) mass is 392 g/mol. The van der Waals surface area contributed by atoms with Crippen LogP contribution < -0.4 is 0 Å². The fourth-order valence-electron chi connectivity index (χ4n) is 3.66. The van der Waals surface area contributed by atoms with Crippen molar-refractivity contribution in [3.05, 3.63) is 45.6 Å². The standard InChI is InChI=1S/C18H21ClN4O2S/c1-10-8-22(9-11(2)25-10)15(13-5-4-6-14(19)7-13)16-17(24)23-18(26-16)20-12(3)21-23/h4-7,10-11,15,24H,8-9H2,1-3H3/t10-,11-,15+/m1/s1. The quantitative estimate of drug-likeness (QED) is 0.737. The number of thiazole rings is 1. The highest BCUT2D eigenvalue weighted by molar-refractivity contribution is 7.17. The van der Waals surface area contributed by atoms with E-state index in [1.807, 2.05) is 31.2 Å². The van der Waals surface area contributed by atoms with E-state index in [0.717, 1.165) is 23.5 Å². The first-order chi connectivity index (χ1) is 12.4. The second-order valence-corrected chi connectivity index (χ2v) is 8.26. The van der Waals surface area contributed by atoms with Crippen molar-refractivity contribution in [2.75, 3.05) is 13.1 Å². The predicted molar refractivity (Wildman–Crippen MR) is 102 cm³/mol. The second kappa shape index (κ2) is 6.81. The molecule has 3 aromatic rings. The van der Waals surface area contributed by atoms with E-state index in [4.69, 9.17) is 16.3 Å². The summed E-state index contributed by atoms with van der Waals surface area (Å²) < 4.78 is 7.41. The number of ether oxygens (including phenoxy) is 1. The Morgan fingerprint density at radius 3 is 2.69 bits per heavy atom. The lowest BCUT2D eigenvalue weighted by Crippen LogP contribution is -2.47. The third-order valence-electron chi connectivity index (χ3n) is 4.53. The van der Waals surface area contributed by atoms with Gasteiger partial charge in [0.05, 0.1) is 23.1 Å². The molecule has 0 bridgehead atoms. The number of benzene rings is 1. The van der Waals surface area contributed by atoms with Gasteiger partial charge in [-0.1, -0.05) is 35.1 Å². The van der Waals surface area contributed by atoms with Crippen molar-refractivity contribution in [3.8, 4) is 5.88 Å². The summed E-state index contributed by atoms with van der Waals surface area (Å²) in [6.45, 7) is 7.51. The Morgan fingerprint density at radius 2 is 2.04 bits per heavy atom. The number of aryl methyl sites for hydroxylation is 1. The van der Waals surface area contributed by atoms with Crippen molar-refractivity contribution < 1.29 is 9.84 Å². The summed E-state index contributed by atoms with van der Waals surface area (Å²) in [5, 5.41) is 15.8. The van der Waals surface area contributed by atoms with Crippen LogP contribution in [0.5, 0.6) is 5.88 Å². The minimum absolute atomic E-state index is 0.118. The Kier molecular flexibility index (Phi) is 4.64. The molecule has 0 spiro atoms. The largest absolute Gasteiger partial charge is 0.492 e. The van der Waals surface area contributed by atoms with E-state index in [9.17, 15) is 5.11 Å². The Labute approximate surface area is 161 Å². The zero-order valence-corrected chi connectivity index (χ0v) is 16.5. The van der Waals surface area contributed by atoms with Gasteiger partial charge in [0.2, 0.25) is 10.8 Å². The zero-order chi connectivity index (χ0) is 18.4. The lowest BCUT2D eigenvalue weighted by molar-refractivity contribution is -0.0764. The molecule has 2 aromatic heterocycles. The number of hydrogen-bond acceptors (Lipinski definition) is 6. The molecule has 0 unspecified atom stereocenters. The van der Waals surface area contributed by atoms with Gasteiger partial charge in [-0.05, 0) is 38.5 Å². The third kappa shape index (κ3) is 3.20. The predicted octanol–water partition coefficient (Wildman–Crippen LogP) is 3.66. The van der Waals surface area contributed by atoms with Crippen molar-refractivity contribution in [3.63, 3.8) is 0 Å². The first-order valence-corrected chi connectivity index (χ1v) is 9.82. The molecule has 3 heterocycles. The minimum Gasteiger partial charge on any atom is -0.492 e. The normalized spacial score (nSPS) is 22.8. The number of rotatable bonds is 3. The maximum absolute atomic E-state index is 10.8. The van der Waals surface area contributed by atoms with Crippen LogP contribution in [0.2, 0.25) is 5.02 Å². The van der Waals surface area contributed by atoms with Crippen LogP contribution in [0.3, 0.4) is 0 Å². The Morgan fingerprint density at radius 1 is 1.31 bits per heavy atom. The summed E-state index contributed by atoms with van der Waals surface area (Å²) in [6, 6.07) is 7.67. The van der Waals surface area contributed by atoms with Crippen LogP contribution in [0.15, 0.2) is 24.3 Å². The molecule has 138 valence electrons. The lowest BCUT2D eigenvalue weighted by Gasteiger charge is -2.40. The lowest BCUT2D eigenvalue weighted by atomic mass is 10.0. The van der Waals surface area contributed by atoms with E-state index in [-0.39, 0.29) is 24.1 Å². The molecule has 1 aliphatic heterocycles. The number of fused-ring (bicyclic) bond motifs is 1. The van der Waals surface area contributed by atoms with Crippen LogP contribution >= 0.6 is 22.9 Å². The number of aromatic nitrogens is 3. The maximum atomic E-state index is 10.8. The molecule has 0 amide bonds. The van der Waals surface area contributed by atoms with Gasteiger partial charge in [0.25, 0.3) is 0 Å². The van der Waals surface area contributed by atoms with E-state index in [1.165, 1.54) is 15.9 Å². The third-order valence-corrected chi connectivity index (χ3v) is 5.84. The molecule has 8 heteroatoms. The molecule has 1 aromatic carbocycles. The van der Waals surface area contributed by atoms with E-state index in [1.54, 1.807) is 0 Å². The second-order valence-electron chi connectivity index (χ2n) is 6.81.